The number of ether oxygens (including phenoxy) is 3. The molecule has 1 rings (SSSR count). The van der Waals surface area contributed by atoms with Crippen molar-refractivity contribution < 1.29 is 19.3 Å². The van der Waals surface area contributed by atoms with Gasteiger partial charge in [0.05, 0.1) is 30.8 Å². The fraction of sp³-hybridized carbons (Fsp3) is 0.818. The van der Waals surface area contributed by atoms with Crippen LogP contribution in [0.15, 0.2) is 12.2 Å². The van der Waals surface area contributed by atoms with Crippen molar-refractivity contribution in [3.8, 4) is 0 Å². The van der Waals surface area contributed by atoms with Gasteiger partial charge in [0.15, 0.2) is 0 Å². The van der Waals surface area contributed by atoms with Gasteiger partial charge < -0.3 is 19.3 Å². The molecule has 1 aliphatic carbocycles. The molecule has 0 heterocycles. The highest BCUT2D eigenvalue weighted by Gasteiger charge is 2.51. The number of methoxy groups -OCH3 is 3. The molecular weight excluding hydrogens is 196 g/mol. The van der Waals surface area contributed by atoms with Gasteiger partial charge in [-0.2, -0.15) is 0 Å². The van der Waals surface area contributed by atoms with E-state index in [4.69, 9.17) is 14.2 Å². The minimum Gasteiger partial charge on any atom is -0.395 e. The van der Waals surface area contributed by atoms with Crippen molar-refractivity contribution in [1.29, 1.82) is 0 Å². The van der Waals surface area contributed by atoms with Crippen LogP contribution in [0.5, 0.6) is 0 Å². The molecule has 1 fully saturated rings. The summed E-state index contributed by atoms with van der Waals surface area (Å²) in [4.78, 5) is 0. The lowest BCUT2D eigenvalue weighted by molar-refractivity contribution is -0.0459. The third-order valence-corrected chi connectivity index (χ3v) is 3.33. The van der Waals surface area contributed by atoms with Gasteiger partial charge in [0.2, 0.25) is 0 Å². The highest BCUT2D eigenvalue weighted by Crippen LogP contribution is 2.44. The summed E-state index contributed by atoms with van der Waals surface area (Å²) in [5.74, 6) is 0. The average Bonchev–Trinajstić information content (AvgIpc) is 2.53. The van der Waals surface area contributed by atoms with Gasteiger partial charge in [0.1, 0.15) is 0 Å². The van der Waals surface area contributed by atoms with Crippen molar-refractivity contribution in [2.24, 2.45) is 5.41 Å². The minimum absolute atomic E-state index is 0.0297. The fourth-order valence-corrected chi connectivity index (χ4v) is 2.34. The maximum absolute atomic E-state index is 9.56. The van der Waals surface area contributed by atoms with Crippen molar-refractivity contribution in [2.75, 3.05) is 34.5 Å². The largest absolute Gasteiger partial charge is 0.395 e. The van der Waals surface area contributed by atoms with Crippen molar-refractivity contribution in [1.82, 2.24) is 0 Å². The lowest BCUT2D eigenvalue weighted by Crippen LogP contribution is -2.40. The van der Waals surface area contributed by atoms with Crippen molar-refractivity contribution >= 4 is 0 Å². The molecule has 0 aromatic rings. The summed E-state index contributed by atoms with van der Waals surface area (Å²) in [7, 11) is 4.89. The first-order chi connectivity index (χ1) is 7.16. The van der Waals surface area contributed by atoms with E-state index in [0.717, 1.165) is 12.0 Å². The molecule has 1 saturated carbocycles. The van der Waals surface area contributed by atoms with Crippen LogP contribution in [-0.4, -0.2) is 51.9 Å². The topological polar surface area (TPSA) is 47.9 Å². The second-order valence-electron chi connectivity index (χ2n) is 3.96. The molecule has 88 valence electrons. The van der Waals surface area contributed by atoms with Crippen LogP contribution in [0.2, 0.25) is 0 Å². The molecule has 4 heteroatoms. The first kappa shape index (κ1) is 12.6. The van der Waals surface area contributed by atoms with E-state index in [9.17, 15) is 5.11 Å². The van der Waals surface area contributed by atoms with Crippen molar-refractivity contribution in [2.45, 2.75) is 18.6 Å². The second kappa shape index (κ2) is 5.07. The zero-order chi connectivity index (χ0) is 11.5. The number of aliphatic hydroxyl groups is 1. The maximum atomic E-state index is 9.56. The summed E-state index contributed by atoms with van der Waals surface area (Å²) in [6, 6.07) is 0. The molecule has 0 bridgehead atoms. The fourth-order valence-electron chi connectivity index (χ4n) is 2.34. The van der Waals surface area contributed by atoms with Crippen LogP contribution in [0.4, 0.5) is 0 Å². The number of rotatable bonds is 5. The van der Waals surface area contributed by atoms with Crippen LogP contribution in [0.3, 0.4) is 0 Å². The highest BCUT2D eigenvalue weighted by atomic mass is 16.5. The Hall–Kier alpha value is -0.420. The Labute approximate surface area is 90.8 Å². The van der Waals surface area contributed by atoms with Gasteiger partial charge in [-0.1, -0.05) is 6.58 Å². The number of hydrogen-bond acceptors (Lipinski definition) is 4. The highest BCUT2D eigenvalue weighted by molar-refractivity contribution is 5.25. The molecule has 0 aliphatic heterocycles. The maximum Gasteiger partial charge on any atom is 0.0811 e. The quantitative estimate of drug-likeness (QED) is 0.684. The Balaban J connectivity index is 2.94. The van der Waals surface area contributed by atoms with Crippen LogP contribution in [0, 0.1) is 5.41 Å². The monoisotopic (exact) mass is 216 g/mol. The summed E-state index contributed by atoms with van der Waals surface area (Å²) in [6.07, 6.45) is 0.563. The van der Waals surface area contributed by atoms with E-state index in [1.165, 1.54) is 0 Å². The van der Waals surface area contributed by atoms with Crippen molar-refractivity contribution in [3.63, 3.8) is 0 Å². The number of hydrogen-bond donors (Lipinski definition) is 1. The summed E-state index contributed by atoms with van der Waals surface area (Å²) < 4.78 is 15.9. The molecule has 1 N–H and O–H groups in total. The van der Waals surface area contributed by atoms with E-state index >= 15 is 0 Å². The van der Waals surface area contributed by atoms with Gasteiger partial charge in [0.25, 0.3) is 0 Å². The normalized spacial score (nSPS) is 36.1. The Morgan fingerprint density at radius 3 is 2.47 bits per heavy atom. The molecule has 0 aromatic heterocycles. The van der Waals surface area contributed by atoms with E-state index in [1.54, 1.807) is 21.3 Å². The van der Waals surface area contributed by atoms with Crippen LogP contribution < -0.4 is 0 Å². The zero-order valence-corrected chi connectivity index (χ0v) is 9.66. The molecule has 15 heavy (non-hydrogen) atoms. The van der Waals surface area contributed by atoms with E-state index in [1.807, 2.05) is 0 Å². The molecule has 1 aliphatic rings. The van der Waals surface area contributed by atoms with Gasteiger partial charge in [-0.15, -0.1) is 0 Å². The Bertz CT molecular complexity index is 229. The van der Waals surface area contributed by atoms with Crippen LogP contribution in [0.25, 0.3) is 0 Å². The molecular formula is C11H20O4. The Morgan fingerprint density at radius 2 is 2.07 bits per heavy atom. The van der Waals surface area contributed by atoms with Crippen LogP contribution >= 0.6 is 0 Å². The van der Waals surface area contributed by atoms with Gasteiger partial charge >= 0.3 is 0 Å². The summed E-state index contributed by atoms with van der Waals surface area (Å²) in [5, 5.41) is 9.56. The smallest absolute Gasteiger partial charge is 0.0811 e. The average molecular weight is 216 g/mol. The standard InChI is InChI=1S/C11H20O4/c1-8-9(14-3)5-10(15-4)11(8,6-12)7-13-2/h9-10,12H,1,5-7H2,2-4H3/t9-,10+,11+/m1/s1. The molecule has 0 radical (unpaired) electrons. The predicted molar refractivity (Wildman–Crippen MR) is 56.7 cm³/mol. The molecule has 3 atom stereocenters. The third-order valence-electron chi connectivity index (χ3n) is 3.33. The first-order valence-electron chi connectivity index (χ1n) is 5.01. The predicted octanol–water partition coefficient (Wildman–Crippen LogP) is 0.601. The molecule has 0 unspecified atom stereocenters. The number of aliphatic hydroxyl groups excluding tert-OH is 1. The molecule has 0 amide bonds. The lowest BCUT2D eigenvalue weighted by Gasteiger charge is -2.33. The Morgan fingerprint density at radius 1 is 1.40 bits per heavy atom. The summed E-state index contributed by atoms with van der Waals surface area (Å²) >= 11 is 0. The summed E-state index contributed by atoms with van der Waals surface area (Å²) in [6.45, 7) is 4.38. The SMILES string of the molecule is C=C1[C@H](OC)C[C@H](OC)[C@@]1(CO)COC. The van der Waals surface area contributed by atoms with Crippen LogP contribution in [0.1, 0.15) is 6.42 Å². The molecule has 4 nitrogen and oxygen atoms in total. The second-order valence-corrected chi connectivity index (χ2v) is 3.96. The van der Waals surface area contributed by atoms with Gasteiger partial charge in [0, 0.05) is 27.8 Å². The summed E-state index contributed by atoms with van der Waals surface area (Å²) in [5.41, 5.74) is 0.339. The van der Waals surface area contributed by atoms with Crippen molar-refractivity contribution in [3.05, 3.63) is 12.2 Å². The van der Waals surface area contributed by atoms with Gasteiger partial charge in [-0.3, -0.25) is 0 Å². The Kier molecular flexibility index (Phi) is 4.28. The van der Waals surface area contributed by atoms with E-state index in [-0.39, 0.29) is 18.8 Å². The van der Waals surface area contributed by atoms with Gasteiger partial charge in [-0.25, -0.2) is 0 Å². The third kappa shape index (κ3) is 1.95. The molecule has 0 aromatic carbocycles. The van der Waals surface area contributed by atoms with E-state index in [2.05, 4.69) is 6.58 Å². The molecule has 0 spiro atoms. The minimum atomic E-state index is -0.524. The van der Waals surface area contributed by atoms with Crippen LogP contribution in [-0.2, 0) is 14.2 Å². The lowest BCUT2D eigenvalue weighted by atomic mass is 9.82. The first-order valence-corrected chi connectivity index (χ1v) is 5.01. The zero-order valence-electron chi connectivity index (χ0n) is 9.66. The van der Waals surface area contributed by atoms with E-state index < -0.39 is 5.41 Å². The molecule has 0 saturated heterocycles. The van der Waals surface area contributed by atoms with Gasteiger partial charge in [-0.05, 0) is 5.57 Å². The van der Waals surface area contributed by atoms with E-state index in [0.29, 0.717) is 6.61 Å².